The van der Waals surface area contributed by atoms with Crippen molar-refractivity contribution in [3.63, 3.8) is 0 Å². The number of nitrogens with zero attached hydrogens (tertiary/aromatic N) is 3. The fourth-order valence-electron chi connectivity index (χ4n) is 6.35. The molecule has 0 unspecified atom stereocenters. The highest BCUT2D eigenvalue weighted by Crippen LogP contribution is 2.35. The third-order valence-corrected chi connectivity index (χ3v) is 8.48. The predicted octanol–water partition coefficient (Wildman–Crippen LogP) is 2.75. The van der Waals surface area contributed by atoms with Crippen LogP contribution in [0.2, 0.25) is 0 Å². The summed E-state index contributed by atoms with van der Waals surface area (Å²) in [7, 11) is 0. The van der Waals surface area contributed by atoms with Crippen molar-refractivity contribution in [1.82, 2.24) is 14.7 Å². The molecule has 0 aromatic heterocycles. The van der Waals surface area contributed by atoms with Gasteiger partial charge in [0.2, 0.25) is 17.7 Å². The Labute approximate surface area is 213 Å². The number of imide groups is 1. The molecule has 2 N–H and O–H groups in total. The first kappa shape index (κ1) is 24.7. The Kier molecular flexibility index (Phi) is 7.21. The summed E-state index contributed by atoms with van der Waals surface area (Å²) in [4.78, 5) is 45.1. The number of nitrogens with two attached hydrogens (primary N) is 1. The van der Waals surface area contributed by atoms with Gasteiger partial charge in [-0.1, -0.05) is 67.1 Å². The van der Waals surface area contributed by atoms with E-state index in [-0.39, 0.29) is 30.1 Å². The average Bonchev–Trinajstić information content (AvgIpc) is 3.21. The van der Waals surface area contributed by atoms with Crippen LogP contribution in [0.3, 0.4) is 0 Å². The minimum atomic E-state index is -0.631. The molecule has 0 radical (unpaired) electrons. The van der Waals surface area contributed by atoms with E-state index in [1.165, 1.54) is 11.3 Å². The molecular weight excluding hydrogens is 452 g/mol. The third-order valence-electron chi connectivity index (χ3n) is 8.48. The Morgan fingerprint density at radius 2 is 1.42 bits per heavy atom. The number of carbonyl (C=O) groups excluding carboxylic acids is 3. The van der Waals surface area contributed by atoms with Crippen molar-refractivity contribution in [2.75, 3.05) is 32.7 Å². The second kappa shape index (κ2) is 10.5. The molecule has 7 nitrogen and oxygen atoms in total. The number of benzene rings is 2. The van der Waals surface area contributed by atoms with Crippen molar-refractivity contribution < 1.29 is 14.4 Å². The zero-order valence-electron chi connectivity index (χ0n) is 20.9. The highest BCUT2D eigenvalue weighted by molar-refractivity contribution is 6.05. The van der Waals surface area contributed by atoms with Crippen molar-refractivity contribution >= 4 is 17.7 Å². The van der Waals surface area contributed by atoms with E-state index in [1.54, 1.807) is 0 Å². The second-order valence-electron chi connectivity index (χ2n) is 10.4. The van der Waals surface area contributed by atoms with E-state index >= 15 is 0 Å². The van der Waals surface area contributed by atoms with Gasteiger partial charge in [-0.05, 0) is 49.9 Å². The summed E-state index contributed by atoms with van der Waals surface area (Å²) in [5, 5.41) is 0. The zero-order chi connectivity index (χ0) is 25.1. The molecule has 7 heteroatoms. The van der Waals surface area contributed by atoms with E-state index in [9.17, 15) is 14.4 Å². The SMILES string of the molecule is NC(=O)C1(N2CCCCC2)CCN([C@@H]2CC(=O)N(CC(c3ccccc3)c3ccccc3)C2=O)CC1. The normalized spacial score (nSPS) is 23.4. The maximum absolute atomic E-state index is 13.6. The number of amides is 3. The number of piperidine rings is 2. The molecule has 3 aliphatic heterocycles. The fourth-order valence-corrected chi connectivity index (χ4v) is 6.35. The molecule has 2 aromatic rings. The molecule has 0 bridgehead atoms. The maximum atomic E-state index is 13.6. The molecule has 0 saturated carbocycles. The monoisotopic (exact) mass is 488 g/mol. The van der Waals surface area contributed by atoms with Gasteiger partial charge < -0.3 is 5.73 Å². The van der Waals surface area contributed by atoms with Crippen LogP contribution in [0.25, 0.3) is 0 Å². The van der Waals surface area contributed by atoms with Crippen molar-refractivity contribution in [1.29, 1.82) is 0 Å². The van der Waals surface area contributed by atoms with Gasteiger partial charge in [0.1, 0.15) is 5.54 Å². The highest BCUT2D eigenvalue weighted by atomic mass is 16.2. The molecule has 3 fully saturated rings. The summed E-state index contributed by atoms with van der Waals surface area (Å²) in [6.07, 6.45) is 4.79. The zero-order valence-corrected chi connectivity index (χ0v) is 20.9. The minimum Gasteiger partial charge on any atom is -0.368 e. The van der Waals surface area contributed by atoms with Crippen LogP contribution in [0, 0.1) is 0 Å². The standard InChI is InChI=1S/C29H36N4O3/c30-28(36)29(32-16-8-3-9-17-32)14-18-31(19-15-29)25-20-26(34)33(27(25)35)21-24(22-10-4-1-5-11-22)23-12-6-2-7-13-23/h1-2,4-7,10-13,24-25H,3,8-9,14-21H2,(H2,30,36)/t25-/m1/s1. The Balaban J connectivity index is 1.30. The van der Waals surface area contributed by atoms with Crippen molar-refractivity contribution in [2.45, 2.75) is 56.0 Å². The first-order chi connectivity index (χ1) is 17.5. The summed E-state index contributed by atoms with van der Waals surface area (Å²) in [6.45, 7) is 3.32. The largest absolute Gasteiger partial charge is 0.368 e. The Bertz CT molecular complexity index is 1040. The molecule has 2 aromatic carbocycles. The molecule has 3 heterocycles. The Hall–Kier alpha value is -3.03. The summed E-state index contributed by atoms with van der Waals surface area (Å²) in [6, 6.07) is 19.6. The molecular formula is C29H36N4O3. The number of hydrogen-bond donors (Lipinski definition) is 1. The van der Waals surface area contributed by atoms with E-state index in [0.29, 0.717) is 32.5 Å². The minimum absolute atomic E-state index is 0.0815. The van der Waals surface area contributed by atoms with Gasteiger partial charge in [-0.15, -0.1) is 0 Å². The van der Waals surface area contributed by atoms with Gasteiger partial charge in [0.15, 0.2) is 0 Å². The molecule has 3 amide bonds. The van der Waals surface area contributed by atoms with Crippen LogP contribution in [0.4, 0.5) is 0 Å². The Morgan fingerprint density at radius 3 is 1.94 bits per heavy atom. The third kappa shape index (κ3) is 4.70. The van der Waals surface area contributed by atoms with Gasteiger partial charge in [-0.2, -0.15) is 0 Å². The van der Waals surface area contributed by atoms with Crippen LogP contribution in [0.5, 0.6) is 0 Å². The van der Waals surface area contributed by atoms with Gasteiger partial charge in [0.05, 0.1) is 12.5 Å². The lowest BCUT2D eigenvalue weighted by Crippen LogP contribution is -2.64. The van der Waals surface area contributed by atoms with Gasteiger partial charge >= 0.3 is 0 Å². The van der Waals surface area contributed by atoms with E-state index in [4.69, 9.17) is 5.73 Å². The van der Waals surface area contributed by atoms with Crippen LogP contribution < -0.4 is 5.73 Å². The summed E-state index contributed by atoms with van der Waals surface area (Å²) in [5.41, 5.74) is 7.47. The van der Waals surface area contributed by atoms with Gasteiger partial charge in [0, 0.05) is 25.6 Å². The van der Waals surface area contributed by atoms with Crippen molar-refractivity contribution in [3.05, 3.63) is 71.8 Å². The van der Waals surface area contributed by atoms with Gasteiger partial charge in [-0.3, -0.25) is 29.1 Å². The van der Waals surface area contributed by atoms with Crippen LogP contribution in [0.15, 0.2) is 60.7 Å². The van der Waals surface area contributed by atoms with Gasteiger partial charge in [0.25, 0.3) is 0 Å². The molecule has 3 aliphatic rings. The summed E-state index contributed by atoms with van der Waals surface area (Å²) >= 11 is 0. The fraction of sp³-hybridized carbons (Fsp3) is 0.483. The van der Waals surface area contributed by atoms with E-state index < -0.39 is 11.6 Å². The van der Waals surface area contributed by atoms with Crippen LogP contribution >= 0.6 is 0 Å². The second-order valence-corrected chi connectivity index (χ2v) is 10.4. The number of hydrogen-bond acceptors (Lipinski definition) is 5. The predicted molar refractivity (Wildman–Crippen MR) is 138 cm³/mol. The lowest BCUT2D eigenvalue weighted by molar-refractivity contribution is -0.140. The average molecular weight is 489 g/mol. The van der Waals surface area contributed by atoms with Crippen molar-refractivity contribution in [2.24, 2.45) is 5.73 Å². The van der Waals surface area contributed by atoms with E-state index in [0.717, 1.165) is 37.1 Å². The quantitative estimate of drug-likeness (QED) is 0.606. The van der Waals surface area contributed by atoms with Gasteiger partial charge in [-0.25, -0.2) is 0 Å². The lowest BCUT2D eigenvalue weighted by Gasteiger charge is -2.48. The van der Waals surface area contributed by atoms with Crippen molar-refractivity contribution in [3.8, 4) is 0 Å². The van der Waals surface area contributed by atoms with Crippen LogP contribution in [0.1, 0.15) is 55.6 Å². The number of rotatable bonds is 7. The molecule has 190 valence electrons. The van der Waals surface area contributed by atoms with Crippen LogP contribution in [-0.4, -0.2) is 76.7 Å². The molecule has 1 atom stereocenters. The smallest absolute Gasteiger partial charge is 0.247 e. The van der Waals surface area contributed by atoms with E-state index in [1.807, 2.05) is 36.4 Å². The molecule has 36 heavy (non-hydrogen) atoms. The maximum Gasteiger partial charge on any atom is 0.247 e. The molecule has 0 spiro atoms. The lowest BCUT2D eigenvalue weighted by atomic mass is 9.83. The molecule has 3 saturated heterocycles. The number of primary amides is 1. The Morgan fingerprint density at radius 1 is 0.861 bits per heavy atom. The van der Waals surface area contributed by atoms with E-state index in [2.05, 4.69) is 34.1 Å². The molecule has 0 aliphatic carbocycles. The summed E-state index contributed by atoms with van der Waals surface area (Å²) < 4.78 is 0. The summed E-state index contributed by atoms with van der Waals surface area (Å²) in [5.74, 6) is -0.582. The molecule has 5 rings (SSSR count). The first-order valence-electron chi connectivity index (χ1n) is 13.2. The van der Waals surface area contributed by atoms with Crippen LogP contribution in [-0.2, 0) is 14.4 Å². The topological polar surface area (TPSA) is 87.0 Å². The first-order valence-corrected chi connectivity index (χ1v) is 13.2. The highest BCUT2D eigenvalue weighted by Gasteiger charge is 2.49. The number of likely N-dealkylation sites (tertiary alicyclic amines) is 3. The number of carbonyl (C=O) groups is 3.